The van der Waals surface area contributed by atoms with E-state index in [4.69, 9.17) is 9.26 Å². The van der Waals surface area contributed by atoms with Crippen molar-refractivity contribution in [2.45, 2.75) is 0 Å². The lowest BCUT2D eigenvalue weighted by Crippen LogP contribution is -1.85. The number of aromatic nitrogens is 2. The predicted octanol–water partition coefficient (Wildman–Crippen LogP) is 5.40. The molecule has 0 saturated carbocycles. The number of nitrogens with zero attached hydrogens (tertiary/aromatic N) is 2. The minimum atomic E-state index is -0.295. The van der Waals surface area contributed by atoms with E-state index in [1.807, 2.05) is 29.6 Å². The Morgan fingerprint density at radius 1 is 0.917 bits per heavy atom. The van der Waals surface area contributed by atoms with Gasteiger partial charge in [-0.2, -0.15) is 4.98 Å². The first-order valence-corrected chi connectivity index (χ1v) is 8.07. The second-order valence-corrected chi connectivity index (χ2v) is 5.93. The van der Waals surface area contributed by atoms with E-state index in [0.29, 0.717) is 23.2 Å². The molecule has 0 N–H and O–H groups in total. The summed E-state index contributed by atoms with van der Waals surface area (Å²) in [6.45, 7) is 0. The van der Waals surface area contributed by atoms with Crippen molar-refractivity contribution in [1.82, 2.24) is 10.1 Å². The van der Waals surface area contributed by atoms with Gasteiger partial charge in [0.1, 0.15) is 17.3 Å². The molecule has 0 bridgehead atoms. The molecule has 0 amide bonds. The summed E-state index contributed by atoms with van der Waals surface area (Å²) in [4.78, 5) is 5.33. The third kappa shape index (κ3) is 3.04. The topological polar surface area (TPSA) is 48.2 Å². The van der Waals surface area contributed by atoms with Gasteiger partial charge in [0, 0.05) is 5.56 Å². The maximum atomic E-state index is 12.9. The lowest BCUT2D eigenvalue weighted by molar-refractivity contribution is 0.433. The monoisotopic (exact) mass is 338 g/mol. The van der Waals surface area contributed by atoms with E-state index < -0.39 is 0 Å². The summed E-state index contributed by atoms with van der Waals surface area (Å²) in [5.41, 5.74) is 0.827. The average Bonchev–Trinajstić information content (AvgIpc) is 3.29. The van der Waals surface area contributed by atoms with E-state index in [-0.39, 0.29) is 5.82 Å². The Hall–Kier alpha value is -2.99. The quantitative estimate of drug-likeness (QED) is 0.500. The number of thiophene rings is 1. The summed E-state index contributed by atoms with van der Waals surface area (Å²) < 4.78 is 23.8. The Labute approximate surface area is 141 Å². The molecule has 118 valence electrons. The van der Waals surface area contributed by atoms with Gasteiger partial charge < -0.3 is 9.26 Å². The number of hydrogen-bond acceptors (Lipinski definition) is 5. The molecule has 0 radical (unpaired) electrons. The fourth-order valence-corrected chi connectivity index (χ4v) is 2.80. The highest BCUT2D eigenvalue weighted by atomic mass is 32.1. The Balaban J connectivity index is 1.52. The molecule has 2 aromatic carbocycles. The molecule has 0 spiro atoms. The Morgan fingerprint density at radius 3 is 2.29 bits per heavy atom. The van der Waals surface area contributed by atoms with Crippen LogP contribution < -0.4 is 4.74 Å². The Bertz CT molecular complexity index is 932. The first-order chi connectivity index (χ1) is 11.8. The summed E-state index contributed by atoms with van der Waals surface area (Å²) >= 11 is 1.55. The van der Waals surface area contributed by atoms with Gasteiger partial charge in [0.2, 0.25) is 5.82 Å². The molecule has 0 aliphatic heterocycles. The minimum absolute atomic E-state index is 0.295. The molecule has 6 heteroatoms. The van der Waals surface area contributed by atoms with Crippen LogP contribution in [0.5, 0.6) is 11.5 Å². The molecular formula is C18H11FN2O2S. The zero-order valence-corrected chi connectivity index (χ0v) is 13.2. The zero-order chi connectivity index (χ0) is 16.4. The van der Waals surface area contributed by atoms with Crippen molar-refractivity contribution in [1.29, 1.82) is 0 Å². The maximum absolute atomic E-state index is 12.9. The van der Waals surface area contributed by atoms with E-state index in [2.05, 4.69) is 10.1 Å². The van der Waals surface area contributed by atoms with Crippen molar-refractivity contribution >= 4 is 11.3 Å². The third-order valence-corrected chi connectivity index (χ3v) is 4.18. The fourth-order valence-electron chi connectivity index (χ4n) is 2.15. The van der Waals surface area contributed by atoms with Gasteiger partial charge >= 0.3 is 0 Å². The molecule has 0 aliphatic carbocycles. The van der Waals surface area contributed by atoms with Crippen LogP contribution in [0.3, 0.4) is 0 Å². The summed E-state index contributed by atoms with van der Waals surface area (Å²) in [5, 5.41) is 5.96. The summed E-state index contributed by atoms with van der Waals surface area (Å²) in [7, 11) is 0. The van der Waals surface area contributed by atoms with Crippen LogP contribution in [0.1, 0.15) is 0 Å². The molecule has 2 aromatic heterocycles. The first kappa shape index (κ1) is 14.6. The van der Waals surface area contributed by atoms with Crippen LogP contribution in [-0.2, 0) is 0 Å². The van der Waals surface area contributed by atoms with Gasteiger partial charge in [-0.3, -0.25) is 0 Å². The summed E-state index contributed by atoms with van der Waals surface area (Å²) in [6, 6.07) is 17.0. The van der Waals surface area contributed by atoms with Gasteiger partial charge in [-0.1, -0.05) is 11.2 Å². The normalized spacial score (nSPS) is 10.7. The van der Waals surface area contributed by atoms with Gasteiger partial charge in [0.15, 0.2) is 0 Å². The molecule has 4 aromatic rings. The molecule has 0 saturated heterocycles. The molecular weight excluding hydrogens is 327 g/mol. The van der Waals surface area contributed by atoms with Gasteiger partial charge in [0.05, 0.1) is 4.88 Å². The van der Waals surface area contributed by atoms with E-state index in [9.17, 15) is 4.39 Å². The molecule has 0 atom stereocenters. The molecule has 2 heterocycles. The highest BCUT2D eigenvalue weighted by molar-refractivity contribution is 7.13. The highest BCUT2D eigenvalue weighted by Crippen LogP contribution is 2.28. The van der Waals surface area contributed by atoms with E-state index in [1.165, 1.54) is 12.1 Å². The second kappa shape index (κ2) is 6.25. The standard InChI is InChI=1S/C18H11FN2O2S/c19-13-5-9-15(10-6-13)22-14-7-3-12(4-8-14)17-20-18(23-21-17)16-2-1-11-24-16/h1-11H. The largest absolute Gasteiger partial charge is 0.457 e. The lowest BCUT2D eigenvalue weighted by atomic mass is 10.2. The highest BCUT2D eigenvalue weighted by Gasteiger charge is 2.11. The van der Waals surface area contributed by atoms with Crippen LogP contribution in [0.4, 0.5) is 4.39 Å². The number of hydrogen-bond donors (Lipinski definition) is 0. The van der Waals surface area contributed by atoms with Gasteiger partial charge in [-0.25, -0.2) is 4.39 Å². The molecule has 0 aliphatic rings. The summed E-state index contributed by atoms with van der Waals surface area (Å²) in [6.07, 6.45) is 0. The van der Waals surface area contributed by atoms with Crippen LogP contribution in [0.25, 0.3) is 22.2 Å². The number of halogens is 1. The molecule has 0 fully saturated rings. The van der Waals surface area contributed by atoms with Crippen molar-refractivity contribution in [3.8, 4) is 33.7 Å². The zero-order valence-electron chi connectivity index (χ0n) is 12.3. The second-order valence-electron chi connectivity index (χ2n) is 4.98. The fraction of sp³-hybridized carbons (Fsp3) is 0. The van der Waals surface area contributed by atoms with Crippen molar-refractivity contribution in [3.05, 3.63) is 71.9 Å². The van der Waals surface area contributed by atoms with E-state index in [0.717, 1.165) is 10.4 Å². The minimum Gasteiger partial charge on any atom is -0.457 e. The molecule has 4 rings (SSSR count). The SMILES string of the molecule is Fc1ccc(Oc2ccc(-c3noc(-c4cccs4)n3)cc2)cc1. The van der Waals surface area contributed by atoms with Crippen molar-refractivity contribution in [3.63, 3.8) is 0 Å². The number of ether oxygens (including phenoxy) is 1. The lowest BCUT2D eigenvalue weighted by Gasteiger charge is -2.05. The van der Waals surface area contributed by atoms with Crippen LogP contribution in [0.15, 0.2) is 70.6 Å². The van der Waals surface area contributed by atoms with Crippen molar-refractivity contribution in [2.75, 3.05) is 0 Å². The van der Waals surface area contributed by atoms with Gasteiger partial charge in [-0.15, -0.1) is 11.3 Å². The van der Waals surface area contributed by atoms with Crippen LogP contribution in [-0.4, -0.2) is 10.1 Å². The molecule has 0 unspecified atom stereocenters. The van der Waals surface area contributed by atoms with Crippen LogP contribution >= 0.6 is 11.3 Å². The smallest absolute Gasteiger partial charge is 0.268 e. The van der Waals surface area contributed by atoms with E-state index in [1.54, 1.807) is 35.6 Å². The first-order valence-electron chi connectivity index (χ1n) is 7.19. The Morgan fingerprint density at radius 2 is 1.62 bits per heavy atom. The van der Waals surface area contributed by atoms with E-state index >= 15 is 0 Å². The maximum Gasteiger partial charge on any atom is 0.268 e. The van der Waals surface area contributed by atoms with Crippen LogP contribution in [0.2, 0.25) is 0 Å². The molecule has 4 nitrogen and oxygen atoms in total. The predicted molar refractivity (Wildman–Crippen MR) is 89.5 cm³/mol. The third-order valence-electron chi connectivity index (χ3n) is 3.32. The number of rotatable bonds is 4. The molecule has 24 heavy (non-hydrogen) atoms. The Kier molecular flexibility index (Phi) is 3.80. The van der Waals surface area contributed by atoms with Crippen molar-refractivity contribution < 1.29 is 13.7 Å². The van der Waals surface area contributed by atoms with Gasteiger partial charge in [0.25, 0.3) is 5.89 Å². The van der Waals surface area contributed by atoms with Gasteiger partial charge in [-0.05, 0) is 60.0 Å². The number of benzene rings is 2. The summed E-state index contributed by atoms with van der Waals surface area (Å²) in [5.74, 6) is 1.95. The van der Waals surface area contributed by atoms with Crippen molar-refractivity contribution in [2.24, 2.45) is 0 Å². The van der Waals surface area contributed by atoms with Crippen LogP contribution in [0, 0.1) is 5.82 Å². The average molecular weight is 338 g/mol.